The van der Waals surface area contributed by atoms with Crippen molar-refractivity contribution in [3.63, 3.8) is 0 Å². The molecule has 0 spiro atoms. The SMILES string of the molecule is CCN(CCc1ccccc1)C(=O)C1(N)CCOCC1. The Kier molecular flexibility index (Phi) is 5.15. The number of carbonyl (C=O) groups is 1. The normalized spacial score (nSPS) is 17.7. The number of benzene rings is 1. The van der Waals surface area contributed by atoms with E-state index in [1.165, 1.54) is 5.56 Å². The quantitative estimate of drug-likeness (QED) is 0.888. The molecule has 1 aliphatic heterocycles. The molecule has 0 saturated carbocycles. The molecule has 2 rings (SSSR count). The second-order valence-corrected chi connectivity index (χ2v) is 5.39. The standard InChI is InChI=1S/C16H24N2O2/c1-2-18(11-8-14-6-4-3-5-7-14)15(19)16(17)9-12-20-13-10-16/h3-7H,2,8-13,17H2,1H3. The van der Waals surface area contributed by atoms with Crippen LogP contribution in [0.2, 0.25) is 0 Å². The van der Waals surface area contributed by atoms with E-state index in [9.17, 15) is 4.79 Å². The van der Waals surface area contributed by atoms with Gasteiger partial charge in [-0.25, -0.2) is 0 Å². The minimum atomic E-state index is -0.731. The van der Waals surface area contributed by atoms with E-state index in [0.717, 1.165) is 13.0 Å². The third-order valence-electron chi connectivity index (χ3n) is 3.99. The van der Waals surface area contributed by atoms with E-state index in [1.54, 1.807) is 0 Å². The van der Waals surface area contributed by atoms with Crippen LogP contribution in [-0.4, -0.2) is 42.6 Å². The zero-order valence-electron chi connectivity index (χ0n) is 12.2. The van der Waals surface area contributed by atoms with Crippen LogP contribution in [0.1, 0.15) is 25.3 Å². The summed E-state index contributed by atoms with van der Waals surface area (Å²) in [6.07, 6.45) is 2.11. The van der Waals surface area contributed by atoms with Gasteiger partial charge in [-0.3, -0.25) is 4.79 Å². The second-order valence-electron chi connectivity index (χ2n) is 5.39. The van der Waals surface area contributed by atoms with Crippen LogP contribution in [0.15, 0.2) is 30.3 Å². The molecule has 4 heteroatoms. The Morgan fingerprint density at radius 3 is 2.55 bits per heavy atom. The molecule has 1 fully saturated rings. The molecule has 1 aliphatic rings. The molecule has 0 bridgehead atoms. The van der Waals surface area contributed by atoms with Gasteiger partial charge in [0.25, 0.3) is 0 Å². The molecule has 0 unspecified atom stereocenters. The largest absolute Gasteiger partial charge is 0.381 e. The maximum Gasteiger partial charge on any atom is 0.242 e. The van der Waals surface area contributed by atoms with E-state index >= 15 is 0 Å². The Morgan fingerprint density at radius 1 is 1.30 bits per heavy atom. The number of hydrogen-bond acceptors (Lipinski definition) is 3. The molecular formula is C16H24N2O2. The van der Waals surface area contributed by atoms with Crippen molar-refractivity contribution in [2.24, 2.45) is 5.73 Å². The lowest BCUT2D eigenvalue weighted by Crippen LogP contribution is -2.58. The average Bonchev–Trinajstić information content (AvgIpc) is 2.49. The second kappa shape index (κ2) is 6.86. The van der Waals surface area contributed by atoms with Gasteiger partial charge in [0, 0.05) is 26.3 Å². The third-order valence-corrected chi connectivity index (χ3v) is 3.99. The van der Waals surface area contributed by atoms with Gasteiger partial charge in [0.15, 0.2) is 0 Å². The fraction of sp³-hybridized carbons (Fsp3) is 0.562. The smallest absolute Gasteiger partial charge is 0.242 e. The summed E-state index contributed by atoms with van der Waals surface area (Å²) in [5.41, 5.74) is 6.79. The highest BCUT2D eigenvalue weighted by atomic mass is 16.5. The molecule has 1 heterocycles. The summed E-state index contributed by atoms with van der Waals surface area (Å²) < 4.78 is 5.31. The van der Waals surface area contributed by atoms with Gasteiger partial charge in [0.1, 0.15) is 0 Å². The first-order valence-electron chi connectivity index (χ1n) is 7.35. The van der Waals surface area contributed by atoms with Crippen molar-refractivity contribution in [1.82, 2.24) is 4.90 Å². The lowest BCUT2D eigenvalue weighted by Gasteiger charge is -2.36. The first kappa shape index (κ1) is 15.0. The van der Waals surface area contributed by atoms with E-state index < -0.39 is 5.54 Å². The van der Waals surface area contributed by atoms with Gasteiger partial charge in [0.05, 0.1) is 5.54 Å². The molecule has 0 atom stereocenters. The Morgan fingerprint density at radius 2 is 1.95 bits per heavy atom. The summed E-state index contributed by atoms with van der Waals surface area (Å²) in [4.78, 5) is 14.5. The Labute approximate surface area is 120 Å². The average molecular weight is 276 g/mol. The fourth-order valence-corrected chi connectivity index (χ4v) is 2.58. The van der Waals surface area contributed by atoms with E-state index in [-0.39, 0.29) is 5.91 Å². The molecule has 0 aromatic heterocycles. The van der Waals surface area contributed by atoms with Crippen LogP contribution in [0, 0.1) is 0 Å². The molecule has 1 saturated heterocycles. The zero-order valence-corrected chi connectivity index (χ0v) is 12.2. The number of nitrogens with two attached hydrogens (primary N) is 1. The van der Waals surface area contributed by atoms with Gasteiger partial charge in [-0.15, -0.1) is 0 Å². The van der Waals surface area contributed by atoms with Crippen LogP contribution in [0.5, 0.6) is 0 Å². The van der Waals surface area contributed by atoms with Crippen molar-refractivity contribution < 1.29 is 9.53 Å². The van der Waals surface area contributed by atoms with Crippen LogP contribution in [-0.2, 0) is 16.0 Å². The molecule has 0 aliphatic carbocycles. The Hall–Kier alpha value is -1.39. The fourth-order valence-electron chi connectivity index (χ4n) is 2.58. The number of ether oxygens (including phenoxy) is 1. The number of likely N-dealkylation sites (N-methyl/N-ethyl adjacent to an activating group) is 1. The highest BCUT2D eigenvalue weighted by molar-refractivity contribution is 5.86. The number of nitrogens with zero attached hydrogens (tertiary/aromatic N) is 1. The summed E-state index contributed by atoms with van der Waals surface area (Å²) in [6, 6.07) is 10.2. The lowest BCUT2D eigenvalue weighted by atomic mass is 9.89. The molecule has 0 radical (unpaired) electrons. The van der Waals surface area contributed by atoms with E-state index in [0.29, 0.717) is 32.6 Å². The summed E-state index contributed by atoms with van der Waals surface area (Å²) >= 11 is 0. The molecule has 110 valence electrons. The van der Waals surface area contributed by atoms with Gasteiger partial charge in [-0.2, -0.15) is 0 Å². The minimum Gasteiger partial charge on any atom is -0.381 e. The maximum absolute atomic E-state index is 12.6. The van der Waals surface area contributed by atoms with Crippen molar-refractivity contribution in [3.05, 3.63) is 35.9 Å². The van der Waals surface area contributed by atoms with E-state index in [1.807, 2.05) is 30.0 Å². The summed E-state index contributed by atoms with van der Waals surface area (Å²) in [7, 11) is 0. The van der Waals surface area contributed by atoms with Crippen molar-refractivity contribution in [1.29, 1.82) is 0 Å². The Bertz CT molecular complexity index is 427. The van der Waals surface area contributed by atoms with Crippen LogP contribution in [0.4, 0.5) is 0 Å². The molecule has 20 heavy (non-hydrogen) atoms. The number of carbonyl (C=O) groups excluding carboxylic acids is 1. The predicted octanol–water partition coefficient (Wildman–Crippen LogP) is 1.59. The lowest BCUT2D eigenvalue weighted by molar-refractivity contribution is -0.140. The van der Waals surface area contributed by atoms with Crippen LogP contribution in [0.25, 0.3) is 0 Å². The number of rotatable bonds is 5. The van der Waals surface area contributed by atoms with E-state index in [4.69, 9.17) is 10.5 Å². The summed E-state index contributed by atoms with van der Waals surface area (Å²) in [5.74, 6) is 0.0687. The highest BCUT2D eigenvalue weighted by Crippen LogP contribution is 2.20. The molecular weight excluding hydrogens is 252 g/mol. The summed E-state index contributed by atoms with van der Waals surface area (Å²) in [6.45, 7) is 4.59. The maximum atomic E-state index is 12.6. The third kappa shape index (κ3) is 3.58. The van der Waals surface area contributed by atoms with Gasteiger partial charge in [0.2, 0.25) is 5.91 Å². The monoisotopic (exact) mass is 276 g/mol. The molecule has 1 aromatic rings. The minimum absolute atomic E-state index is 0.0687. The highest BCUT2D eigenvalue weighted by Gasteiger charge is 2.38. The van der Waals surface area contributed by atoms with Crippen LogP contribution in [0.3, 0.4) is 0 Å². The van der Waals surface area contributed by atoms with Crippen molar-refractivity contribution in [2.45, 2.75) is 31.7 Å². The van der Waals surface area contributed by atoms with Crippen molar-refractivity contribution in [2.75, 3.05) is 26.3 Å². The summed E-state index contributed by atoms with van der Waals surface area (Å²) in [5, 5.41) is 0. The van der Waals surface area contributed by atoms with E-state index in [2.05, 4.69) is 12.1 Å². The van der Waals surface area contributed by atoms with Gasteiger partial charge in [-0.1, -0.05) is 30.3 Å². The van der Waals surface area contributed by atoms with Crippen LogP contribution < -0.4 is 5.73 Å². The molecule has 1 amide bonds. The van der Waals surface area contributed by atoms with Crippen molar-refractivity contribution in [3.8, 4) is 0 Å². The number of amides is 1. The first-order valence-corrected chi connectivity index (χ1v) is 7.35. The topological polar surface area (TPSA) is 55.6 Å². The van der Waals surface area contributed by atoms with Gasteiger partial charge in [-0.05, 0) is 31.7 Å². The zero-order chi connectivity index (χ0) is 14.4. The molecule has 4 nitrogen and oxygen atoms in total. The van der Waals surface area contributed by atoms with Gasteiger partial charge < -0.3 is 15.4 Å². The van der Waals surface area contributed by atoms with Crippen LogP contribution >= 0.6 is 0 Å². The van der Waals surface area contributed by atoms with Gasteiger partial charge >= 0.3 is 0 Å². The first-order chi connectivity index (χ1) is 9.65. The Balaban J connectivity index is 1.95. The van der Waals surface area contributed by atoms with Crippen molar-refractivity contribution >= 4 is 5.91 Å². The number of hydrogen-bond donors (Lipinski definition) is 1. The molecule has 1 aromatic carbocycles. The predicted molar refractivity (Wildman–Crippen MR) is 79.4 cm³/mol. The molecule has 2 N–H and O–H groups in total.